The number of carbonyl (C=O) groups is 1. The fourth-order valence-electron chi connectivity index (χ4n) is 8.66. The fraction of sp³-hybridized carbons (Fsp3) is 0.553. The Morgan fingerprint density at radius 1 is 0.519 bits per heavy atom. The highest BCUT2D eigenvalue weighted by molar-refractivity contribution is 5.79. The number of aryl methyl sites for hydroxylation is 2. The number of Topliss-reactive ketones (excluding diaryl/α,β-unsaturated/α-hetero) is 1. The summed E-state index contributed by atoms with van der Waals surface area (Å²) in [6.07, 6.45) is 32.2. The number of hydrogen-bond acceptors (Lipinski definition) is 5. The van der Waals surface area contributed by atoms with Gasteiger partial charge in [-0.2, -0.15) is 0 Å². The van der Waals surface area contributed by atoms with Crippen LogP contribution in [0.3, 0.4) is 0 Å². The molecule has 2 aliphatic carbocycles. The van der Waals surface area contributed by atoms with Gasteiger partial charge in [0.25, 0.3) is 0 Å². The SMILES string of the molecule is CCCCC[C@H]1CC[C@H](c2cnc(-c3ccc(CCC(=O)CCc4ccc(-c5ncc([C@H]6CC[C@H](CCCCC)CC6)cn5)cc4)cc3)nc2)CC1. The van der Waals surface area contributed by atoms with E-state index in [1.54, 1.807) is 0 Å². The quantitative estimate of drug-likeness (QED) is 0.0968. The van der Waals surface area contributed by atoms with Crippen LogP contribution in [-0.2, 0) is 17.6 Å². The number of benzene rings is 2. The molecule has 0 atom stereocenters. The molecule has 0 N–H and O–H groups in total. The third kappa shape index (κ3) is 11.1. The zero-order valence-electron chi connectivity index (χ0n) is 32.1. The molecule has 0 aliphatic heterocycles. The van der Waals surface area contributed by atoms with E-state index in [1.807, 2.05) is 0 Å². The lowest BCUT2D eigenvalue weighted by Gasteiger charge is -2.28. The molecular formula is C47H62N4O. The molecule has 0 amide bonds. The number of rotatable bonds is 18. The van der Waals surface area contributed by atoms with Crippen molar-refractivity contribution in [2.75, 3.05) is 0 Å². The molecule has 4 aromatic rings. The zero-order chi connectivity index (χ0) is 36.0. The maximum absolute atomic E-state index is 12.8. The highest BCUT2D eigenvalue weighted by Gasteiger charge is 2.24. The van der Waals surface area contributed by atoms with Crippen molar-refractivity contribution < 1.29 is 4.79 Å². The van der Waals surface area contributed by atoms with Gasteiger partial charge in [0, 0.05) is 48.8 Å². The van der Waals surface area contributed by atoms with Crippen LogP contribution < -0.4 is 0 Å². The molecule has 5 nitrogen and oxygen atoms in total. The first-order valence-electron chi connectivity index (χ1n) is 20.9. The van der Waals surface area contributed by atoms with E-state index in [1.165, 1.54) is 125 Å². The van der Waals surface area contributed by atoms with E-state index in [9.17, 15) is 4.79 Å². The molecule has 5 heteroatoms. The van der Waals surface area contributed by atoms with E-state index in [0.717, 1.165) is 47.5 Å². The Kier molecular flexibility index (Phi) is 14.6. The van der Waals surface area contributed by atoms with Gasteiger partial charge in [-0.3, -0.25) is 4.79 Å². The summed E-state index contributed by atoms with van der Waals surface area (Å²) >= 11 is 0. The van der Waals surface area contributed by atoms with Crippen LogP contribution in [0.2, 0.25) is 0 Å². The van der Waals surface area contributed by atoms with Crippen molar-refractivity contribution in [2.24, 2.45) is 11.8 Å². The predicted octanol–water partition coefficient (Wildman–Crippen LogP) is 12.4. The summed E-state index contributed by atoms with van der Waals surface area (Å²) in [6.45, 7) is 4.58. The van der Waals surface area contributed by atoms with E-state index >= 15 is 0 Å². The van der Waals surface area contributed by atoms with Crippen molar-refractivity contribution in [3.63, 3.8) is 0 Å². The van der Waals surface area contributed by atoms with Crippen LogP contribution in [0.1, 0.15) is 164 Å². The Bertz CT molecular complexity index is 1490. The third-order valence-electron chi connectivity index (χ3n) is 12.2. The van der Waals surface area contributed by atoms with Crippen LogP contribution in [0.5, 0.6) is 0 Å². The summed E-state index contributed by atoms with van der Waals surface area (Å²) in [5, 5.41) is 0. The summed E-state index contributed by atoms with van der Waals surface area (Å²) in [5.74, 6) is 4.90. The van der Waals surface area contributed by atoms with Crippen molar-refractivity contribution in [1.29, 1.82) is 0 Å². The third-order valence-corrected chi connectivity index (χ3v) is 12.2. The Morgan fingerprint density at radius 3 is 1.23 bits per heavy atom. The molecule has 0 unspecified atom stereocenters. The molecule has 52 heavy (non-hydrogen) atoms. The van der Waals surface area contributed by atoms with Gasteiger partial charge < -0.3 is 0 Å². The molecule has 2 aromatic heterocycles. The summed E-state index contributed by atoms with van der Waals surface area (Å²) in [6, 6.07) is 16.8. The normalized spacial score (nSPS) is 20.5. The first-order chi connectivity index (χ1) is 25.6. The first-order valence-corrected chi connectivity index (χ1v) is 20.9. The molecule has 2 saturated carbocycles. The van der Waals surface area contributed by atoms with Crippen molar-refractivity contribution >= 4 is 5.78 Å². The summed E-state index contributed by atoms with van der Waals surface area (Å²) in [4.78, 5) is 31.8. The van der Waals surface area contributed by atoms with Crippen molar-refractivity contribution in [3.05, 3.63) is 95.6 Å². The lowest BCUT2D eigenvalue weighted by Crippen LogP contribution is -2.14. The summed E-state index contributed by atoms with van der Waals surface area (Å²) in [5.41, 5.74) is 7.00. The van der Waals surface area contributed by atoms with Gasteiger partial charge in [0.2, 0.25) is 0 Å². The monoisotopic (exact) mass is 698 g/mol. The predicted molar refractivity (Wildman–Crippen MR) is 214 cm³/mol. The number of nitrogens with zero attached hydrogens (tertiary/aromatic N) is 4. The number of unbranched alkanes of at least 4 members (excludes halogenated alkanes) is 4. The van der Waals surface area contributed by atoms with Crippen LogP contribution >= 0.6 is 0 Å². The van der Waals surface area contributed by atoms with Gasteiger partial charge in [-0.25, -0.2) is 19.9 Å². The molecular weight excluding hydrogens is 637 g/mol. The lowest BCUT2D eigenvalue weighted by molar-refractivity contribution is -0.119. The van der Waals surface area contributed by atoms with Crippen LogP contribution in [-0.4, -0.2) is 25.7 Å². The Labute approximate surface area is 313 Å². The van der Waals surface area contributed by atoms with Gasteiger partial charge in [-0.1, -0.05) is 114 Å². The Hall–Kier alpha value is -3.73. The van der Waals surface area contributed by atoms with Crippen LogP contribution in [0.4, 0.5) is 0 Å². The summed E-state index contributed by atoms with van der Waals surface area (Å²) < 4.78 is 0. The Morgan fingerprint density at radius 2 is 0.885 bits per heavy atom. The lowest BCUT2D eigenvalue weighted by atomic mass is 9.77. The molecule has 2 fully saturated rings. The average molecular weight is 699 g/mol. The minimum Gasteiger partial charge on any atom is -0.300 e. The van der Waals surface area contributed by atoms with Crippen molar-refractivity contribution in [1.82, 2.24) is 19.9 Å². The second-order valence-electron chi connectivity index (χ2n) is 16.0. The second kappa shape index (κ2) is 19.9. The minimum absolute atomic E-state index is 0.302. The van der Waals surface area contributed by atoms with E-state index in [4.69, 9.17) is 19.9 Å². The molecule has 2 aromatic carbocycles. The van der Waals surface area contributed by atoms with E-state index < -0.39 is 0 Å². The topological polar surface area (TPSA) is 68.6 Å². The van der Waals surface area contributed by atoms with Gasteiger partial charge in [0.1, 0.15) is 5.78 Å². The number of hydrogen-bond donors (Lipinski definition) is 0. The molecule has 0 saturated heterocycles. The van der Waals surface area contributed by atoms with Crippen LogP contribution in [0.15, 0.2) is 73.3 Å². The van der Waals surface area contributed by atoms with Gasteiger partial charge in [-0.15, -0.1) is 0 Å². The average Bonchev–Trinajstić information content (AvgIpc) is 3.20. The summed E-state index contributed by atoms with van der Waals surface area (Å²) in [7, 11) is 0. The van der Waals surface area contributed by atoms with E-state index in [0.29, 0.717) is 30.5 Å². The van der Waals surface area contributed by atoms with Crippen LogP contribution in [0.25, 0.3) is 22.8 Å². The van der Waals surface area contributed by atoms with Crippen LogP contribution in [0, 0.1) is 11.8 Å². The molecule has 2 heterocycles. The Balaban J connectivity index is 0.894. The molecule has 276 valence electrons. The van der Waals surface area contributed by atoms with E-state index in [2.05, 4.69) is 87.2 Å². The number of aromatic nitrogens is 4. The number of carbonyl (C=O) groups excluding carboxylic acids is 1. The largest absolute Gasteiger partial charge is 0.300 e. The van der Waals surface area contributed by atoms with Crippen molar-refractivity contribution in [2.45, 2.75) is 154 Å². The maximum atomic E-state index is 12.8. The molecule has 2 aliphatic rings. The van der Waals surface area contributed by atoms with Gasteiger partial charge >= 0.3 is 0 Å². The zero-order valence-corrected chi connectivity index (χ0v) is 32.1. The van der Waals surface area contributed by atoms with Gasteiger partial charge in [-0.05, 0) is 110 Å². The standard InChI is InChI=1S/C47H62N4O/c1-3-5-7-9-35-11-21-39(22-12-35)43-31-48-46(49-32-43)41-25-15-37(16-26-41)19-29-45(52)30-20-38-17-27-42(28-18-38)47-50-33-44(34-51-47)40-23-13-36(14-24-40)10-8-6-4-2/h15-18,25-28,31-36,39-40H,3-14,19-24,29-30H2,1-2H3/t35-,36-,39-,40-. The molecule has 0 spiro atoms. The maximum Gasteiger partial charge on any atom is 0.159 e. The smallest absolute Gasteiger partial charge is 0.159 e. The van der Waals surface area contributed by atoms with E-state index in [-0.39, 0.29) is 0 Å². The second-order valence-corrected chi connectivity index (χ2v) is 16.0. The van der Waals surface area contributed by atoms with Gasteiger partial charge in [0.15, 0.2) is 11.6 Å². The first kappa shape index (κ1) is 38.0. The molecule has 0 radical (unpaired) electrons. The van der Waals surface area contributed by atoms with Gasteiger partial charge in [0.05, 0.1) is 0 Å². The molecule has 6 rings (SSSR count). The number of ketones is 1. The minimum atomic E-state index is 0.302. The highest BCUT2D eigenvalue weighted by Crippen LogP contribution is 2.39. The van der Waals surface area contributed by atoms with Crippen molar-refractivity contribution in [3.8, 4) is 22.8 Å². The molecule has 0 bridgehead atoms. The highest BCUT2D eigenvalue weighted by atomic mass is 16.1. The fourth-order valence-corrected chi connectivity index (χ4v) is 8.66.